The summed E-state index contributed by atoms with van der Waals surface area (Å²) in [5.41, 5.74) is 1.38. The Morgan fingerprint density at radius 2 is 2.27 bits per heavy atom. The number of fused-ring (bicyclic) bond motifs is 1. The molecule has 4 nitrogen and oxygen atoms in total. The Morgan fingerprint density at radius 3 is 2.93 bits per heavy atom. The van der Waals surface area contributed by atoms with E-state index in [1.165, 1.54) is 0 Å². The van der Waals surface area contributed by atoms with Gasteiger partial charge in [0.25, 0.3) is 5.91 Å². The van der Waals surface area contributed by atoms with Gasteiger partial charge in [0.05, 0.1) is 11.8 Å². The van der Waals surface area contributed by atoms with Crippen LogP contribution < -0.4 is 10.1 Å². The monoisotopic (exact) mass is 207 g/mol. The number of amides is 1. The third-order valence-electron chi connectivity index (χ3n) is 2.42. The Labute approximate surface area is 87.9 Å². The summed E-state index contributed by atoms with van der Waals surface area (Å²) < 4.78 is 5.39. The minimum absolute atomic E-state index is 0.162. The molecule has 2 N–H and O–H groups in total. The lowest BCUT2D eigenvalue weighted by molar-refractivity contribution is -0.122. The zero-order chi connectivity index (χ0) is 11.0. The van der Waals surface area contributed by atoms with E-state index in [0.717, 1.165) is 5.56 Å². The molecule has 0 spiro atoms. The molecule has 0 radical (unpaired) electrons. The second-order valence-electron chi connectivity index (χ2n) is 3.68. The van der Waals surface area contributed by atoms with E-state index in [1.54, 1.807) is 32.0 Å². The molecule has 15 heavy (non-hydrogen) atoms. The Kier molecular flexibility index (Phi) is 2.36. The van der Waals surface area contributed by atoms with Gasteiger partial charge in [-0.15, -0.1) is 0 Å². The Bertz CT molecular complexity index is 401. The zero-order valence-electron chi connectivity index (χ0n) is 8.65. The molecule has 0 aromatic heterocycles. The van der Waals surface area contributed by atoms with Crippen molar-refractivity contribution in [1.29, 1.82) is 0 Å². The maximum absolute atomic E-state index is 11.3. The van der Waals surface area contributed by atoms with Crippen molar-refractivity contribution < 1.29 is 14.6 Å². The standard InChI is InChI=1S/C11H13NO3/c1-6(13)8-3-4-10-9(5-8)12-11(14)7(2)15-10/h3-7,13H,1-2H3,(H,12,14)/t6-,7?/m0/s1. The number of carbonyl (C=O) groups excluding carboxylic acids is 1. The number of benzene rings is 1. The lowest BCUT2D eigenvalue weighted by atomic mass is 10.1. The summed E-state index contributed by atoms with van der Waals surface area (Å²) in [5.74, 6) is 0.483. The minimum Gasteiger partial charge on any atom is -0.479 e. The quantitative estimate of drug-likeness (QED) is 0.733. The molecule has 1 aliphatic heterocycles. The van der Waals surface area contributed by atoms with Crippen LogP contribution in [0.15, 0.2) is 18.2 Å². The van der Waals surface area contributed by atoms with E-state index in [-0.39, 0.29) is 5.91 Å². The van der Waals surface area contributed by atoms with E-state index in [0.29, 0.717) is 11.4 Å². The fourth-order valence-corrected chi connectivity index (χ4v) is 1.49. The molecule has 1 unspecified atom stereocenters. The van der Waals surface area contributed by atoms with Gasteiger partial charge in [0.2, 0.25) is 0 Å². The molecule has 0 fully saturated rings. The lowest BCUT2D eigenvalue weighted by Crippen LogP contribution is -2.34. The lowest BCUT2D eigenvalue weighted by Gasteiger charge is -2.24. The summed E-state index contributed by atoms with van der Waals surface area (Å²) in [6.45, 7) is 3.37. The van der Waals surface area contributed by atoms with E-state index >= 15 is 0 Å². The van der Waals surface area contributed by atoms with Crippen LogP contribution in [0.4, 0.5) is 5.69 Å². The highest BCUT2D eigenvalue weighted by Crippen LogP contribution is 2.31. The van der Waals surface area contributed by atoms with Crippen molar-refractivity contribution in [2.75, 3.05) is 5.32 Å². The van der Waals surface area contributed by atoms with E-state index in [2.05, 4.69) is 5.32 Å². The van der Waals surface area contributed by atoms with E-state index in [9.17, 15) is 9.90 Å². The van der Waals surface area contributed by atoms with Gasteiger partial charge in [0.1, 0.15) is 5.75 Å². The van der Waals surface area contributed by atoms with Crippen molar-refractivity contribution in [1.82, 2.24) is 0 Å². The highest BCUT2D eigenvalue weighted by atomic mass is 16.5. The van der Waals surface area contributed by atoms with E-state index < -0.39 is 12.2 Å². The number of ether oxygens (including phenoxy) is 1. The van der Waals surface area contributed by atoms with E-state index in [1.807, 2.05) is 0 Å². The first-order valence-electron chi connectivity index (χ1n) is 4.87. The predicted octanol–water partition coefficient (Wildman–Crippen LogP) is 1.46. The van der Waals surface area contributed by atoms with E-state index in [4.69, 9.17) is 4.74 Å². The number of carbonyl (C=O) groups is 1. The molecule has 0 saturated heterocycles. The second kappa shape index (κ2) is 3.55. The Hall–Kier alpha value is -1.55. The van der Waals surface area contributed by atoms with Gasteiger partial charge >= 0.3 is 0 Å². The van der Waals surface area contributed by atoms with Crippen LogP contribution in [-0.4, -0.2) is 17.1 Å². The highest BCUT2D eigenvalue weighted by molar-refractivity contribution is 5.97. The summed E-state index contributed by atoms with van der Waals surface area (Å²) in [6.07, 6.45) is -1.01. The van der Waals surface area contributed by atoms with Crippen LogP contribution in [0.25, 0.3) is 0 Å². The number of anilines is 1. The summed E-state index contributed by atoms with van der Waals surface area (Å²) >= 11 is 0. The molecule has 80 valence electrons. The summed E-state index contributed by atoms with van der Waals surface area (Å²) in [7, 11) is 0. The van der Waals surface area contributed by atoms with Crippen LogP contribution in [0.1, 0.15) is 25.5 Å². The van der Waals surface area contributed by atoms with Crippen molar-refractivity contribution in [3.05, 3.63) is 23.8 Å². The normalized spacial score (nSPS) is 21.3. The number of aliphatic hydroxyl groups excluding tert-OH is 1. The smallest absolute Gasteiger partial charge is 0.265 e. The van der Waals surface area contributed by atoms with Gasteiger partial charge in [-0.25, -0.2) is 0 Å². The molecule has 1 amide bonds. The number of hydrogen-bond acceptors (Lipinski definition) is 3. The van der Waals surface area contributed by atoms with Crippen molar-refractivity contribution in [3.8, 4) is 5.75 Å². The molecular weight excluding hydrogens is 194 g/mol. The number of aliphatic hydroxyl groups is 1. The Balaban J connectivity index is 2.37. The molecule has 2 atom stereocenters. The second-order valence-corrected chi connectivity index (χ2v) is 3.68. The first-order valence-corrected chi connectivity index (χ1v) is 4.87. The molecule has 2 rings (SSSR count). The number of nitrogens with one attached hydrogen (secondary N) is 1. The summed E-state index contributed by atoms with van der Waals surface area (Å²) in [6, 6.07) is 5.27. The molecule has 0 saturated carbocycles. The highest BCUT2D eigenvalue weighted by Gasteiger charge is 2.23. The average Bonchev–Trinajstić information content (AvgIpc) is 2.19. The maximum atomic E-state index is 11.3. The SMILES string of the molecule is CC1Oc2ccc([C@H](C)O)cc2NC1=O. The van der Waals surface area contributed by atoms with Crippen LogP contribution in [0, 0.1) is 0 Å². The fraction of sp³-hybridized carbons (Fsp3) is 0.364. The van der Waals surface area contributed by atoms with Crippen molar-refractivity contribution in [2.45, 2.75) is 26.1 Å². The van der Waals surface area contributed by atoms with Crippen LogP contribution >= 0.6 is 0 Å². The topological polar surface area (TPSA) is 58.6 Å². The first-order chi connectivity index (χ1) is 7.08. The van der Waals surface area contributed by atoms with Crippen LogP contribution in [0.2, 0.25) is 0 Å². The third-order valence-corrected chi connectivity index (χ3v) is 2.42. The van der Waals surface area contributed by atoms with Crippen LogP contribution in [0.5, 0.6) is 5.75 Å². The third kappa shape index (κ3) is 1.80. The number of rotatable bonds is 1. The number of hydrogen-bond donors (Lipinski definition) is 2. The molecule has 1 heterocycles. The maximum Gasteiger partial charge on any atom is 0.265 e. The molecule has 1 aliphatic rings. The van der Waals surface area contributed by atoms with Crippen LogP contribution in [-0.2, 0) is 4.79 Å². The molecule has 4 heteroatoms. The van der Waals surface area contributed by atoms with Crippen molar-refractivity contribution in [2.24, 2.45) is 0 Å². The van der Waals surface area contributed by atoms with Crippen molar-refractivity contribution >= 4 is 11.6 Å². The minimum atomic E-state index is -0.549. The fourth-order valence-electron chi connectivity index (χ4n) is 1.49. The van der Waals surface area contributed by atoms with Gasteiger partial charge < -0.3 is 15.2 Å². The Morgan fingerprint density at radius 1 is 1.53 bits per heavy atom. The largest absolute Gasteiger partial charge is 0.479 e. The van der Waals surface area contributed by atoms with Crippen molar-refractivity contribution in [3.63, 3.8) is 0 Å². The molecule has 0 bridgehead atoms. The first kappa shape index (κ1) is 9.98. The molecule has 1 aromatic carbocycles. The molecule has 0 aliphatic carbocycles. The summed E-state index contributed by atoms with van der Waals surface area (Å²) in [4.78, 5) is 11.3. The zero-order valence-corrected chi connectivity index (χ0v) is 8.65. The predicted molar refractivity (Wildman–Crippen MR) is 55.8 cm³/mol. The average molecular weight is 207 g/mol. The van der Waals surface area contributed by atoms with Gasteiger partial charge in [-0.05, 0) is 31.5 Å². The summed E-state index contributed by atoms with van der Waals surface area (Å²) in [5, 5.41) is 12.1. The van der Waals surface area contributed by atoms with Gasteiger partial charge in [-0.3, -0.25) is 4.79 Å². The van der Waals surface area contributed by atoms with Gasteiger partial charge in [-0.2, -0.15) is 0 Å². The van der Waals surface area contributed by atoms with Gasteiger partial charge in [0, 0.05) is 0 Å². The van der Waals surface area contributed by atoms with Gasteiger partial charge in [-0.1, -0.05) is 6.07 Å². The molecule has 1 aromatic rings. The van der Waals surface area contributed by atoms with Crippen LogP contribution in [0.3, 0.4) is 0 Å². The molecular formula is C11H13NO3. The van der Waals surface area contributed by atoms with Gasteiger partial charge in [0.15, 0.2) is 6.10 Å².